The number of rotatable bonds is 3. The molecule has 0 atom stereocenters. The van der Waals surface area contributed by atoms with Crippen LogP contribution in [0.2, 0.25) is 5.02 Å². The summed E-state index contributed by atoms with van der Waals surface area (Å²) in [5, 5.41) is 14.9. The van der Waals surface area contributed by atoms with Gasteiger partial charge >= 0.3 is 0 Å². The number of nitro benzene ring substituents is 1. The van der Waals surface area contributed by atoms with Crippen molar-refractivity contribution in [1.29, 1.82) is 0 Å². The molecule has 2 aliphatic rings. The highest BCUT2D eigenvalue weighted by Crippen LogP contribution is 2.34. The minimum Gasteiger partial charge on any atom is -0.363 e. The van der Waals surface area contributed by atoms with Crippen molar-refractivity contribution in [2.45, 2.75) is 6.04 Å². The number of benzene rings is 1. The van der Waals surface area contributed by atoms with Gasteiger partial charge in [0.1, 0.15) is 5.69 Å². The summed E-state index contributed by atoms with van der Waals surface area (Å²) in [5.41, 5.74) is 0.766. The molecule has 0 amide bonds. The topological polar surface area (TPSA) is 61.7 Å². The number of piperazine rings is 1. The molecule has 0 saturated carbocycles. The normalized spacial score (nSPS) is 20.8. The Labute approximate surface area is 122 Å². The van der Waals surface area contributed by atoms with Gasteiger partial charge in [0, 0.05) is 56.4 Å². The standard InChI is InChI=1S/C13H17ClN4O2/c14-10-1-2-12(18(19)20)13(7-10)17-8-11(9-17)16-5-3-15-4-6-16/h1-2,7,11,15H,3-6,8-9H2. The van der Waals surface area contributed by atoms with Gasteiger partial charge in [-0.25, -0.2) is 0 Å². The van der Waals surface area contributed by atoms with Gasteiger partial charge in [0.2, 0.25) is 0 Å². The summed E-state index contributed by atoms with van der Waals surface area (Å²) in [5.74, 6) is 0. The summed E-state index contributed by atoms with van der Waals surface area (Å²) in [6.45, 7) is 5.82. The van der Waals surface area contributed by atoms with Crippen molar-refractivity contribution in [3.63, 3.8) is 0 Å². The van der Waals surface area contributed by atoms with E-state index in [1.807, 2.05) is 4.90 Å². The molecule has 0 aliphatic carbocycles. The molecule has 0 radical (unpaired) electrons. The van der Waals surface area contributed by atoms with Crippen molar-refractivity contribution in [3.05, 3.63) is 33.3 Å². The first-order valence-electron chi connectivity index (χ1n) is 6.79. The molecule has 1 aromatic carbocycles. The Morgan fingerprint density at radius 2 is 2.00 bits per heavy atom. The molecule has 1 aromatic rings. The van der Waals surface area contributed by atoms with Crippen molar-refractivity contribution >= 4 is 23.0 Å². The first-order chi connectivity index (χ1) is 9.65. The minimum atomic E-state index is -0.343. The van der Waals surface area contributed by atoms with E-state index >= 15 is 0 Å². The van der Waals surface area contributed by atoms with Crippen LogP contribution in [-0.2, 0) is 0 Å². The van der Waals surface area contributed by atoms with Gasteiger partial charge in [-0.15, -0.1) is 0 Å². The summed E-state index contributed by atoms with van der Waals surface area (Å²) >= 11 is 5.96. The first-order valence-corrected chi connectivity index (χ1v) is 7.16. The highest BCUT2D eigenvalue weighted by Gasteiger charge is 2.35. The second kappa shape index (κ2) is 5.55. The predicted molar refractivity (Wildman–Crippen MR) is 78.6 cm³/mol. The van der Waals surface area contributed by atoms with Gasteiger partial charge in [-0.05, 0) is 12.1 Å². The first kappa shape index (κ1) is 13.6. The van der Waals surface area contributed by atoms with Gasteiger partial charge in [-0.1, -0.05) is 11.6 Å². The second-order valence-corrected chi connectivity index (χ2v) is 5.67. The third-order valence-corrected chi connectivity index (χ3v) is 4.24. The van der Waals surface area contributed by atoms with Crippen LogP contribution >= 0.6 is 11.6 Å². The molecule has 0 aromatic heterocycles. The lowest BCUT2D eigenvalue weighted by atomic mass is 10.0. The Bertz CT molecular complexity index is 513. The van der Waals surface area contributed by atoms with E-state index < -0.39 is 0 Å². The largest absolute Gasteiger partial charge is 0.363 e. The fourth-order valence-corrected chi connectivity index (χ4v) is 3.00. The molecule has 1 N–H and O–H groups in total. The van der Waals surface area contributed by atoms with Crippen LogP contribution in [0, 0.1) is 10.1 Å². The Morgan fingerprint density at radius 3 is 2.65 bits per heavy atom. The summed E-state index contributed by atoms with van der Waals surface area (Å²) in [6.07, 6.45) is 0. The molecule has 7 heteroatoms. The van der Waals surface area contributed by atoms with Crippen molar-refractivity contribution in [3.8, 4) is 0 Å². The van der Waals surface area contributed by atoms with Crippen LogP contribution in [0.4, 0.5) is 11.4 Å². The summed E-state index contributed by atoms with van der Waals surface area (Å²) in [7, 11) is 0. The molecule has 108 valence electrons. The number of anilines is 1. The van der Waals surface area contributed by atoms with E-state index in [2.05, 4.69) is 10.2 Å². The molecule has 6 nitrogen and oxygen atoms in total. The van der Waals surface area contributed by atoms with Crippen LogP contribution in [0.25, 0.3) is 0 Å². The van der Waals surface area contributed by atoms with E-state index in [0.29, 0.717) is 16.8 Å². The molecule has 0 bridgehead atoms. The molecule has 20 heavy (non-hydrogen) atoms. The molecule has 0 spiro atoms. The number of hydrogen-bond donors (Lipinski definition) is 1. The van der Waals surface area contributed by atoms with Crippen LogP contribution in [-0.4, -0.2) is 55.1 Å². The van der Waals surface area contributed by atoms with Crippen LogP contribution in [0.15, 0.2) is 18.2 Å². The van der Waals surface area contributed by atoms with Crippen molar-refractivity contribution in [1.82, 2.24) is 10.2 Å². The Balaban J connectivity index is 1.70. The highest BCUT2D eigenvalue weighted by molar-refractivity contribution is 6.31. The number of halogens is 1. The van der Waals surface area contributed by atoms with Gasteiger partial charge in [-0.3, -0.25) is 15.0 Å². The monoisotopic (exact) mass is 296 g/mol. The molecule has 2 heterocycles. The maximum Gasteiger partial charge on any atom is 0.292 e. The quantitative estimate of drug-likeness (QED) is 0.674. The zero-order valence-corrected chi connectivity index (χ0v) is 11.8. The van der Waals surface area contributed by atoms with Crippen molar-refractivity contribution < 1.29 is 4.92 Å². The lowest BCUT2D eigenvalue weighted by molar-refractivity contribution is -0.384. The molecule has 3 rings (SSSR count). The van der Waals surface area contributed by atoms with Crippen molar-refractivity contribution in [2.24, 2.45) is 0 Å². The van der Waals surface area contributed by atoms with Gasteiger partial charge in [0.05, 0.1) is 4.92 Å². The molecular weight excluding hydrogens is 280 g/mol. The van der Waals surface area contributed by atoms with Crippen molar-refractivity contribution in [2.75, 3.05) is 44.2 Å². The van der Waals surface area contributed by atoms with Crippen LogP contribution in [0.5, 0.6) is 0 Å². The Morgan fingerprint density at radius 1 is 1.30 bits per heavy atom. The molecular formula is C13H17ClN4O2. The van der Waals surface area contributed by atoms with E-state index in [9.17, 15) is 10.1 Å². The molecule has 2 fully saturated rings. The zero-order chi connectivity index (χ0) is 14.1. The zero-order valence-electron chi connectivity index (χ0n) is 11.1. The fourth-order valence-electron chi connectivity index (χ4n) is 2.83. The van der Waals surface area contributed by atoms with Crippen LogP contribution in [0.3, 0.4) is 0 Å². The number of nitrogens with one attached hydrogen (secondary N) is 1. The predicted octanol–water partition coefficient (Wildman–Crippen LogP) is 1.34. The Kier molecular flexibility index (Phi) is 3.78. The fraction of sp³-hybridized carbons (Fsp3) is 0.538. The minimum absolute atomic E-state index is 0.133. The SMILES string of the molecule is O=[N+]([O-])c1ccc(Cl)cc1N1CC(N2CCNCC2)C1. The number of hydrogen-bond acceptors (Lipinski definition) is 5. The summed E-state index contributed by atoms with van der Waals surface area (Å²) in [4.78, 5) is 15.2. The summed E-state index contributed by atoms with van der Waals surface area (Å²) < 4.78 is 0. The second-order valence-electron chi connectivity index (χ2n) is 5.23. The number of nitro groups is 1. The average Bonchev–Trinajstić information content (AvgIpc) is 2.38. The highest BCUT2D eigenvalue weighted by atomic mass is 35.5. The molecule has 2 aliphatic heterocycles. The van der Waals surface area contributed by atoms with E-state index in [0.717, 1.165) is 39.3 Å². The maximum atomic E-state index is 11.1. The third-order valence-electron chi connectivity index (χ3n) is 4.01. The van der Waals surface area contributed by atoms with Crippen LogP contribution in [0.1, 0.15) is 0 Å². The maximum absolute atomic E-state index is 11.1. The average molecular weight is 297 g/mol. The van der Waals surface area contributed by atoms with Gasteiger partial charge < -0.3 is 10.2 Å². The van der Waals surface area contributed by atoms with Gasteiger partial charge in [0.15, 0.2) is 0 Å². The summed E-state index contributed by atoms with van der Waals surface area (Å²) in [6, 6.07) is 5.23. The van der Waals surface area contributed by atoms with E-state index in [4.69, 9.17) is 11.6 Å². The van der Waals surface area contributed by atoms with E-state index in [1.54, 1.807) is 12.1 Å². The lowest BCUT2D eigenvalue weighted by Gasteiger charge is -2.47. The smallest absolute Gasteiger partial charge is 0.292 e. The Hall–Kier alpha value is -1.37. The van der Waals surface area contributed by atoms with Gasteiger partial charge in [0.25, 0.3) is 5.69 Å². The van der Waals surface area contributed by atoms with Gasteiger partial charge in [-0.2, -0.15) is 0 Å². The lowest BCUT2D eigenvalue weighted by Crippen LogP contribution is -2.63. The van der Waals surface area contributed by atoms with Crippen LogP contribution < -0.4 is 10.2 Å². The van der Waals surface area contributed by atoms with E-state index in [-0.39, 0.29) is 10.6 Å². The third kappa shape index (κ3) is 2.59. The molecule has 0 unspecified atom stereocenters. The van der Waals surface area contributed by atoms with E-state index in [1.165, 1.54) is 6.07 Å². The number of nitrogens with zero attached hydrogens (tertiary/aromatic N) is 3. The molecule has 2 saturated heterocycles.